The Hall–Kier alpha value is -1.29. The highest BCUT2D eigenvalue weighted by Gasteiger charge is 2.52. The van der Waals surface area contributed by atoms with E-state index in [4.69, 9.17) is 0 Å². The van der Waals surface area contributed by atoms with Crippen molar-refractivity contribution >= 4 is 23.5 Å². The van der Waals surface area contributed by atoms with Crippen molar-refractivity contribution in [3.63, 3.8) is 0 Å². The third-order valence-electron chi connectivity index (χ3n) is 6.80. The van der Waals surface area contributed by atoms with Crippen LogP contribution in [0.15, 0.2) is 24.3 Å². The lowest BCUT2D eigenvalue weighted by atomic mass is 9.56. The Morgan fingerprint density at radius 1 is 1.07 bits per heavy atom. The summed E-state index contributed by atoms with van der Waals surface area (Å²) in [4.78, 5) is 24.0. The zero-order valence-electron chi connectivity index (χ0n) is 16.5. The maximum absolute atomic E-state index is 13.0. The molecule has 1 amide bonds. The van der Waals surface area contributed by atoms with Crippen molar-refractivity contribution in [2.24, 2.45) is 17.8 Å². The molecule has 1 atom stereocenters. The maximum atomic E-state index is 13.0. The van der Waals surface area contributed by atoms with Crippen molar-refractivity contribution in [2.75, 3.05) is 6.54 Å². The van der Waals surface area contributed by atoms with Crippen molar-refractivity contribution < 1.29 is 9.59 Å². The molecule has 3 nitrogen and oxygen atoms in total. The highest BCUT2D eigenvalue weighted by atomic mass is 32.2. The van der Waals surface area contributed by atoms with Gasteiger partial charge in [0.05, 0.1) is 5.25 Å². The van der Waals surface area contributed by atoms with Gasteiger partial charge in [-0.05, 0) is 75.2 Å². The van der Waals surface area contributed by atoms with Gasteiger partial charge in [0.1, 0.15) is 0 Å². The van der Waals surface area contributed by atoms with Crippen molar-refractivity contribution in [1.29, 1.82) is 0 Å². The number of benzene rings is 1. The second-order valence-electron chi connectivity index (χ2n) is 9.15. The molecule has 0 aromatic heterocycles. The van der Waals surface area contributed by atoms with Crippen molar-refractivity contribution in [3.05, 3.63) is 35.4 Å². The summed E-state index contributed by atoms with van der Waals surface area (Å²) in [6.07, 6.45) is 9.15. The first-order chi connectivity index (χ1) is 12.9. The number of Topliss-reactive ketones (excluding diaryl/α,β-unsaturated/α-hetero) is 1. The molecule has 0 heterocycles. The van der Waals surface area contributed by atoms with Crippen LogP contribution in [0.1, 0.15) is 68.3 Å². The Labute approximate surface area is 167 Å². The highest BCUT2D eigenvalue weighted by molar-refractivity contribution is 8.02. The van der Waals surface area contributed by atoms with Crippen LogP contribution in [0.5, 0.6) is 0 Å². The molecule has 0 spiro atoms. The molecule has 1 aromatic rings. The maximum Gasteiger partial charge on any atom is 0.216 e. The van der Waals surface area contributed by atoms with Crippen LogP contribution >= 0.6 is 11.8 Å². The van der Waals surface area contributed by atoms with E-state index in [1.54, 1.807) is 0 Å². The van der Waals surface area contributed by atoms with Gasteiger partial charge in [-0.15, -0.1) is 11.8 Å². The van der Waals surface area contributed by atoms with Crippen LogP contribution in [-0.4, -0.2) is 28.2 Å². The Kier molecular flexibility index (Phi) is 5.37. The van der Waals surface area contributed by atoms with E-state index in [1.165, 1.54) is 45.4 Å². The quantitative estimate of drug-likeness (QED) is 0.696. The molecule has 4 fully saturated rings. The zero-order valence-corrected chi connectivity index (χ0v) is 17.3. The second kappa shape index (κ2) is 7.62. The SMILES string of the molecule is CC(=O)NCCc1ccc(C(=O)[C@@H](C)SC23CC4CC(CC(C4)C2)C3)cc1. The van der Waals surface area contributed by atoms with Crippen LogP contribution in [0.25, 0.3) is 0 Å². The van der Waals surface area contributed by atoms with Gasteiger partial charge in [-0.3, -0.25) is 9.59 Å². The second-order valence-corrected chi connectivity index (χ2v) is 11.0. The minimum atomic E-state index is -0.00248. The molecule has 0 radical (unpaired) electrons. The standard InChI is InChI=1S/C23H31NO2S/c1-15(27-23-12-18-9-19(13-23)11-20(10-18)14-23)22(26)21-5-3-17(4-6-21)7-8-24-16(2)25/h3-6,15,18-20H,7-14H2,1-2H3,(H,24,25)/t15-,18?,19?,20?,23?/m1/s1. The minimum absolute atomic E-state index is 0.00248. The number of carbonyl (C=O) groups excluding carboxylic acids is 2. The lowest BCUT2D eigenvalue weighted by Crippen LogP contribution is -2.49. The van der Waals surface area contributed by atoms with Gasteiger partial charge in [0.25, 0.3) is 0 Å². The first-order valence-electron chi connectivity index (χ1n) is 10.5. The molecule has 0 aliphatic heterocycles. The molecule has 1 N–H and O–H groups in total. The van der Waals surface area contributed by atoms with Gasteiger partial charge in [0.2, 0.25) is 5.91 Å². The van der Waals surface area contributed by atoms with Gasteiger partial charge in [-0.1, -0.05) is 24.3 Å². The van der Waals surface area contributed by atoms with Crippen LogP contribution in [0, 0.1) is 17.8 Å². The molecule has 4 aliphatic carbocycles. The van der Waals surface area contributed by atoms with E-state index in [1.807, 2.05) is 36.0 Å². The van der Waals surface area contributed by atoms with Crippen LogP contribution < -0.4 is 5.32 Å². The van der Waals surface area contributed by atoms with E-state index in [0.29, 0.717) is 11.3 Å². The number of carbonyl (C=O) groups is 2. The fourth-order valence-electron chi connectivity index (χ4n) is 6.06. The number of amides is 1. The van der Waals surface area contributed by atoms with E-state index in [2.05, 4.69) is 12.2 Å². The summed E-state index contributed by atoms with van der Waals surface area (Å²) in [6.45, 7) is 4.28. The first kappa shape index (κ1) is 19.0. The molecular formula is C23H31NO2S. The molecule has 4 bridgehead atoms. The summed E-state index contributed by atoms with van der Waals surface area (Å²) in [6, 6.07) is 7.97. The zero-order chi connectivity index (χ0) is 19.0. The van der Waals surface area contributed by atoms with Crippen LogP contribution in [0.3, 0.4) is 0 Å². The van der Waals surface area contributed by atoms with E-state index in [9.17, 15) is 9.59 Å². The summed E-state index contributed by atoms with van der Waals surface area (Å²) in [7, 11) is 0. The van der Waals surface area contributed by atoms with E-state index in [-0.39, 0.29) is 16.9 Å². The molecule has 4 heteroatoms. The minimum Gasteiger partial charge on any atom is -0.356 e. The number of rotatable bonds is 7. The largest absolute Gasteiger partial charge is 0.356 e. The molecule has 4 saturated carbocycles. The third kappa shape index (κ3) is 4.26. The van der Waals surface area contributed by atoms with E-state index < -0.39 is 0 Å². The lowest BCUT2D eigenvalue weighted by molar-refractivity contribution is -0.118. The predicted molar refractivity (Wildman–Crippen MR) is 111 cm³/mol. The monoisotopic (exact) mass is 385 g/mol. The van der Waals surface area contributed by atoms with E-state index >= 15 is 0 Å². The molecule has 27 heavy (non-hydrogen) atoms. The first-order valence-corrected chi connectivity index (χ1v) is 11.4. The Morgan fingerprint density at radius 2 is 1.63 bits per heavy atom. The molecule has 4 aliphatic rings. The molecule has 0 saturated heterocycles. The van der Waals surface area contributed by atoms with Gasteiger partial charge in [-0.25, -0.2) is 0 Å². The van der Waals surface area contributed by atoms with Gasteiger partial charge >= 0.3 is 0 Å². The normalized spacial score (nSPS) is 32.3. The fourth-order valence-corrected chi connectivity index (χ4v) is 8.05. The number of hydrogen-bond donors (Lipinski definition) is 1. The number of nitrogens with one attached hydrogen (secondary N) is 1. The lowest BCUT2D eigenvalue weighted by Gasteiger charge is -2.57. The smallest absolute Gasteiger partial charge is 0.216 e. The van der Waals surface area contributed by atoms with Gasteiger partial charge in [0, 0.05) is 23.8 Å². The Morgan fingerprint density at radius 3 is 2.15 bits per heavy atom. The Balaban J connectivity index is 1.36. The molecule has 5 rings (SSSR count). The topological polar surface area (TPSA) is 46.2 Å². The van der Waals surface area contributed by atoms with Gasteiger partial charge in [0.15, 0.2) is 5.78 Å². The van der Waals surface area contributed by atoms with E-state index in [0.717, 1.165) is 35.3 Å². The third-order valence-corrected chi connectivity index (χ3v) is 8.37. The fraction of sp³-hybridized carbons (Fsp3) is 0.652. The average molecular weight is 386 g/mol. The highest BCUT2D eigenvalue weighted by Crippen LogP contribution is 2.61. The van der Waals surface area contributed by atoms with Crippen molar-refractivity contribution in [3.8, 4) is 0 Å². The van der Waals surface area contributed by atoms with Crippen LogP contribution in [-0.2, 0) is 11.2 Å². The summed E-state index contributed by atoms with van der Waals surface area (Å²) in [5, 5.41) is 2.85. The van der Waals surface area contributed by atoms with Crippen molar-refractivity contribution in [2.45, 2.75) is 68.8 Å². The average Bonchev–Trinajstić information content (AvgIpc) is 2.60. The summed E-state index contributed by atoms with van der Waals surface area (Å²) >= 11 is 1.98. The van der Waals surface area contributed by atoms with Gasteiger partial charge < -0.3 is 5.32 Å². The van der Waals surface area contributed by atoms with Gasteiger partial charge in [-0.2, -0.15) is 0 Å². The number of hydrogen-bond acceptors (Lipinski definition) is 3. The summed E-state index contributed by atoms with van der Waals surface area (Å²) < 4.78 is 0.377. The molecule has 1 aromatic carbocycles. The number of ketones is 1. The molecular weight excluding hydrogens is 354 g/mol. The summed E-state index contributed by atoms with van der Waals surface area (Å²) in [5.74, 6) is 3.04. The summed E-state index contributed by atoms with van der Waals surface area (Å²) in [5.41, 5.74) is 1.98. The molecule has 0 unspecified atom stereocenters. The Bertz CT molecular complexity index is 676. The number of thioether (sulfide) groups is 1. The molecule has 146 valence electrons. The van der Waals surface area contributed by atoms with Crippen molar-refractivity contribution in [1.82, 2.24) is 5.32 Å². The predicted octanol–water partition coefficient (Wildman–Crippen LogP) is 4.64. The van der Waals surface area contributed by atoms with Crippen LogP contribution in [0.4, 0.5) is 0 Å². The van der Waals surface area contributed by atoms with Crippen LogP contribution in [0.2, 0.25) is 0 Å².